The molecule has 0 saturated heterocycles. The first kappa shape index (κ1) is 8.88. The van der Waals surface area contributed by atoms with Gasteiger partial charge in [0.1, 0.15) is 0 Å². The maximum atomic E-state index is 12.0. The maximum Gasteiger partial charge on any atom is 0.270 e. The van der Waals surface area contributed by atoms with Gasteiger partial charge in [-0.05, 0) is 34.5 Å². The number of hydrogen-bond acceptors (Lipinski definition) is 0. The lowest BCUT2D eigenvalue weighted by Gasteiger charge is -1.97. The molecule has 2 aromatic rings. The summed E-state index contributed by atoms with van der Waals surface area (Å²) in [4.78, 5) is 0. The van der Waals surface area contributed by atoms with Gasteiger partial charge in [-0.2, -0.15) is 8.78 Å². The summed E-state index contributed by atoms with van der Waals surface area (Å²) in [5.74, 6) is 0. The minimum atomic E-state index is -1.70. The zero-order valence-corrected chi connectivity index (χ0v) is 7.30. The second-order valence-electron chi connectivity index (χ2n) is 2.95. The van der Waals surface area contributed by atoms with Crippen LogP contribution in [0.2, 0.25) is 0 Å². The Kier molecular flexibility index (Phi) is 2.27. The monoisotopic (exact) mass is 189 g/mol. The van der Waals surface area contributed by atoms with E-state index in [2.05, 4.69) is 6.07 Å². The SMILES string of the molecule is FC(F)=Cc1[c]cc2ccccc2c1. The molecule has 0 heterocycles. The molecule has 0 spiro atoms. The van der Waals surface area contributed by atoms with Gasteiger partial charge in [0.2, 0.25) is 0 Å². The van der Waals surface area contributed by atoms with Crippen molar-refractivity contribution in [3.8, 4) is 0 Å². The van der Waals surface area contributed by atoms with E-state index in [4.69, 9.17) is 0 Å². The Hall–Kier alpha value is -1.70. The lowest BCUT2D eigenvalue weighted by atomic mass is 10.1. The van der Waals surface area contributed by atoms with E-state index in [9.17, 15) is 8.78 Å². The third kappa shape index (κ3) is 1.79. The molecule has 0 unspecified atom stereocenters. The zero-order valence-electron chi connectivity index (χ0n) is 7.30. The molecule has 0 amide bonds. The Labute approximate surface area is 80.5 Å². The van der Waals surface area contributed by atoms with Gasteiger partial charge in [0, 0.05) is 6.08 Å². The van der Waals surface area contributed by atoms with E-state index in [1.165, 1.54) is 0 Å². The van der Waals surface area contributed by atoms with Gasteiger partial charge in [-0.15, -0.1) is 0 Å². The fraction of sp³-hybridized carbons (Fsp3) is 0. The largest absolute Gasteiger partial charge is 0.270 e. The van der Waals surface area contributed by atoms with Crippen LogP contribution in [-0.4, -0.2) is 0 Å². The van der Waals surface area contributed by atoms with Crippen molar-refractivity contribution in [1.29, 1.82) is 0 Å². The molecule has 0 fully saturated rings. The van der Waals surface area contributed by atoms with E-state index in [-0.39, 0.29) is 0 Å². The van der Waals surface area contributed by atoms with Crippen molar-refractivity contribution in [2.24, 2.45) is 0 Å². The summed E-state index contributed by atoms with van der Waals surface area (Å²) >= 11 is 0. The van der Waals surface area contributed by atoms with Crippen LogP contribution in [0.1, 0.15) is 5.56 Å². The molecule has 0 bridgehead atoms. The van der Waals surface area contributed by atoms with Crippen molar-refractivity contribution in [2.45, 2.75) is 0 Å². The fourth-order valence-electron chi connectivity index (χ4n) is 1.34. The van der Waals surface area contributed by atoms with Gasteiger partial charge in [-0.25, -0.2) is 0 Å². The van der Waals surface area contributed by atoms with Crippen LogP contribution in [0.3, 0.4) is 0 Å². The fourth-order valence-corrected chi connectivity index (χ4v) is 1.34. The lowest BCUT2D eigenvalue weighted by Crippen LogP contribution is -1.75. The highest BCUT2D eigenvalue weighted by molar-refractivity contribution is 5.84. The molecule has 2 heteroatoms. The topological polar surface area (TPSA) is 0 Å². The van der Waals surface area contributed by atoms with E-state index in [0.717, 1.165) is 16.8 Å². The van der Waals surface area contributed by atoms with Gasteiger partial charge >= 0.3 is 0 Å². The average molecular weight is 189 g/mol. The third-order valence-corrected chi connectivity index (χ3v) is 1.97. The molecule has 0 nitrogen and oxygen atoms in total. The summed E-state index contributed by atoms with van der Waals surface area (Å²) in [6.45, 7) is 0. The number of halogens is 2. The molecule has 2 rings (SSSR count). The highest BCUT2D eigenvalue weighted by Crippen LogP contribution is 2.17. The first-order chi connectivity index (χ1) is 6.75. The summed E-state index contributed by atoms with van der Waals surface area (Å²) in [6, 6.07) is 13.8. The quantitative estimate of drug-likeness (QED) is 0.638. The summed E-state index contributed by atoms with van der Waals surface area (Å²) in [7, 11) is 0. The van der Waals surface area contributed by atoms with Crippen LogP contribution >= 0.6 is 0 Å². The van der Waals surface area contributed by atoms with Crippen molar-refractivity contribution in [3.05, 3.63) is 54.1 Å². The molecule has 0 saturated carbocycles. The predicted molar refractivity (Wildman–Crippen MR) is 53.0 cm³/mol. The van der Waals surface area contributed by atoms with Crippen molar-refractivity contribution in [2.75, 3.05) is 0 Å². The summed E-state index contributed by atoms with van der Waals surface area (Å²) in [5.41, 5.74) is 0.406. The lowest BCUT2D eigenvalue weighted by molar-refractivity contribution is 0.429. The Balaban J connectivity index is 2.57. The molecule has 2 aromatic carbocycles. The smallest absolute Gasteiger partial charge is 0.173 e. The Morgan fingerprint density at radius 1 is 1.14 bits per heavy atom. The van der Waals surface area contributed by atoms with Crippen molar-refractivity contribution < 1.29 is 8.78 Å². The summed E-state index contributed by atoms with van der Waals surface area (Å²) in [6.07, 6.45) is -0.886. The van der Waals surface area contributed by atoms with Crippen LogP contribution in [0.25, 0.3) is 16.8 Å². The first-order valence-electron chi connectivity index (χ1n) is 4.19. The second-order valence-corrected chi connectivity index (χ2v) is 2.95. The molecule has 0 aliphatic carbocycles. The van der Waals surface area contributed by atoms with Crippen LogP contribution < -0.4 is 0 Å². The Morgan fingerprint density at radius 2 is 1.86 bits per heavy atom. The second kappa shape index (κ2) is 3.58. The molecule has 1 radical (unpaired) electrons. The molecule has 0 N–H and O–H groups in total. The molecular formula is C12H7F2. The van der Waals surface area contributed by atoms with E-state index in [1.54, 1.807) is 12.1 Å². The first-order valence-corrected chi connectivity index (χ1v) is 4.19. The Morgan fingerprint density at radius 3 is 2.57 bits per heavy atom. The highest BCUT2D eigenvalue weighted by Gasteiger charge is 1.95. The van der Waals surface area contributed by atoms with Crippen molar-refractivity contribution >= 4 is 16.8 Å². The number of hydrogen-bond donors (Lipinski definition) is 0. The number of fused-ring (bicyclic) bond motifs is 1. The van der Waals surface area contributed by atoms with E-state index < -0.39 is 6.08 Å². The minimum Gasteiger partial charge on any atom is -0.173 e. The molecule has 69 valence electrons. The molecule has 0 aliphatic heterocycles. The predicted octanol–water partition coefficient (Wildman–Crippen LogP) is 3.88. The highest BCUT2D eigenvalue weighted by atomic mass is 19.3. The van der Waals surface area contributed by atoms with Crippen LogP contribution in [0.4, 0.5) is 8.78 Å². The molecular weight excluding hydrogens is 182 g/mol. The summed E-state index contributed by atoms with van der Waals surface area (Å²) < 4.78 is 23.9. The standard InChI is InChI=1S/C12H7F2/c13-12(14)8-9-5-6-10-3-1-2-4-11(10)7-9/h1-4,6-8H. The number of rotatable bonds is 1. The zero-order chi connectivity index (χ0) is 9.97. The van der Waals surface area contributed by atoms with Crippen LogP contribution in [0, 0.1) is 6.07 Å². The average Bonchev–Trinajstić information content (AvgIpc) is 2.17. The van der Waals surface area contributed by atoms with Gasteiger partial charge < -0.3 is 0 Å². The summed E-state index contributed by atoms with van der Waals surface area (Å²) in [5, 5.41) is 1.95. The van der Waals surface area contributed by atoms with Crippen LogP contribution in [0.5, 0.6) is 0 Å². The van der Waals surface area contributed by atoms with E-state index in [0.29, 0.717) is 5.56 Å². The van der Waals surface area contributed by atoms with Gasteiger partial charge in [0.05, 0.1) is 0 Å². The van der Waals surface area contributed by atoms with E-state index in [1.807, 2.05) is 24.3 Å². The molecule has 0 aromatic heterocycles. The van der Waals surface area contributed by atoms with Crippen molar-refractivity contribution in [1.82, 2.24) is 0 Å². The van der Waals surface area contributed by atoms with Gasteiger partial charge in [-0.1, -0.05) is 24.3 Å². The van der Waals surface area contributed by atoms with Crippen LogP contribution in [0.15, 0.2) is 42.5 Å². The van der Waals surface area contributed by atoms with E-state index >= 15 is 0 Å². The normalized spacial score (nSPS) is 10.1. The minimum absolute atomic E-state index is 0.406. The Bertz CT molecular complexity index is 482. The van der Waals surface area contributed by atoms with Gasteiger partial charge in [0.25, 0.3) is 6.08 Å². The van der Waals surface area contributed by atoms with Crippen molar-refractivity contribution in [3.63, 3.8) is 0 Å². The van der Waals surface area contributed by atoms with Crippen LogP contribution in [-0.2, 0) is 0 Å². The third-order valence-electron chi connectivity index (χ3n) is 1.97. The van der Waals surface area contributed by atoms with Gasteiger partial charge in [-0.3, -0.25) is 0 Å². The molecule has 14 heavy (non-hydrogen) atoms. The maximum absolute atomic E-state index is 12.0. The number of benzene rings is 2. The molecule has 0 atom stereocenters. The van der Waals surface area contributed by atoms with Gasteiger partial charge in [0.15, 0.2) is 0 Å². The molecule has 0 aliphatic rings.